The molecule has 3 heteroatoms. The van der Waals surface area contributed by atoms with Crippen molar-refractivity contribution in [2.75, 3.05) is 6.54 Å². The van der Waals surface area contributed by atoms with Gasteiger partial charge < -0.3 is 5.73 Å². The third-order valence-corrected chi connectivity index (χ3v) is 3.41. The van der Waals surface area contributed by atoms with E-state index in [9.17, 15) is 0 Å². The van der Waals surface area contributed by atoms with Gasteiger partial charge in [-0.05, 0) is 37.0 Å². The van der Waals surface area contributed by atoms with Crippen LogP contribution in [-0.2, 0) is 13.1 Å². The monoisotopic (exact) mass is 268 g/mol. The third-order valence-electron chi connectivity index (χ3n) is 3.06. The van der Waals surface area contributed by atoms with Gasteiger partial charge in [-0.15, -0.1) is 0 Å². The van der Waals surface area contributed by atoms with Crippen molar-refractivity contribution < 1.29 is 0 Å². The smallest absolute Gasteiger partial charge is 0.0454 e. The van der Waals surface area contributed by atoms with Crippen LogP contribution in [0, 0.1) is 5.92 Å². The normalized spacial score (nSPS) is 11.8. The summed E-state index contributed by atoms with van der Waals surface area (Å²) in [6, 6.07) is 6.66. The second-order valence-corrected chi connectivity index (χ2v) is 5.95. The van der Waals surface area contributed by atoms with Crippen LogP contribution in [0.15, 0.2) is 18.2 Å². The van der Waals surface area contributed by atoms with E-state index in [-0.39, 0.29) is 0 Å². The second-order valence-electron chi connectivity index (χ2n) is 5.55. The van der Waals surface area contributed by atoms with Crippen molar-refractivity contribution in [1.82, 2.24) is 4.90 Å². The molecule has 2 nitrogen and oxygen atoms in total. The van der Waals surface area contributed by atoms with Crippen LogP contribution >= 0.6 is 11.6 Å². The molecule has 0 radical (unpaired) electrons. The van der Waals surface area contributed by atoms with E-state index in [2.05, 4.69) is 44.7 Å². The molecule has 0 aliphatic carbocycles. The van der Waals surface area contributed by atoms with E-state index in [0.717, 1.165) is 23.7 Å². The SMILES string of the molecule is CC(C)CN(Cc1ccc(CN)cc1Cl)C(C)C. The summed E-state index contributed by atoms with van der Waals surface area (Å²) in [5.74, 6) is 0.662. The molecular weight excluding hydrogens is 244 g/mol. The zero-order chi connectivity index (χ0) is 13.7. The highest BCUT2D eigenvalue weighted by molar-refractivity contribution is 6.31. The Morgan fingerprint density at radius 1 is 1.22 bits per heavy atom. The maximum atomic E-state index is 6.31. The molecule has 102 valence electrons. The molecular formula is C15H25ClN2. The molecule has 0 bridgehead atoms. The molecule has 0 unspecified atom stereocenters. The number of hydrogen-bond acceptors (Lipinski definition) is 2. The van der Waals surface area contributed by atoms with Gasteiger partial charge in [-0.2, -0.15) is 0 Å². The lowest BCUT2D eigenvalue weighted by molar-refractivity contribution is 0.189. The van der Waals surface area contributed by atoms with Crippen LogP contribution in [0.1, 0.15) is 38.8 Å². The van der Waals surface area contributed by atoms with Gasteiger partial charge in [0.15, 0.2) is 0 Å². The molecule has 0 aliphatic heterocycles. The van der Waals surface area contributed by atoms with Gasteiger partial charge in [0.05, 0.1) is 0 Å². The fraction of sp³-hybridized carbons (Fsp3) is 0.600. The molecule has 0 aliphatic rings. The molecule has 0 atom stereocenters. The molecule has 2 N–H and O–H groups in total. The van der Waals surface area contributed by atoms with Gasteiger partial charge >= 0.3 is 0 Å². The summed E-state index contributed by atoms with van der Waals surface area (Å²) in [6.07, 6.45) is 0. The predicted molar refractivity (Wildman–Crippen MR) is 79.7 cm³/mol. The molecule has 0 spiro atoms. The van der Waals surface area contributed by atoms with Crippen LogP contribution < -0.4 is 5.73 Å². The van der Waals surface area contributed by atoms with Crippen LogP contribution in [0.5, 0.6) is 0 Å². The number of hydrogen-bond donors (Lipinski definition) is 1. The summed E-state index contributed by atoms with van der Waals surface area (Å²) in [5.41, 5.74) is 7.89. The minimum Gasteiger partial charge on any atom is -0.326 e. The first-order valence-corrected chi connectivity index (χ1v) is 7.03. The Kier molecular flexibility index (Phi) is 6.13. The minimum atomic E-state index is 0.526. The van der Waals surface area contributed by atoms with Crippen molar-refractivity contribution in [3.63, 3.8) is 0 Å². The Labute approximate surface area is 116 Å². The molecule has 1 aromatic rings. The first-order valence-electron chi connectivity index (χ1n) is 6.65. The first-order chi connectivity index (χ1) is 8.43. The van der Waals surface area contributed by atoms with Gasteiger partial charge in [-0.1, -0.05) is 37.6 Å². The summed E-state index contributed by atoms with van der Waals surface area (Å²) in [7, 11) is 0. The Morgan fingerprint density at radius 3 is 2.33 bits per heavy atom. The van der Waals surface area contributed by atoms with E-state index < -0.39 is 0 Å². The van der Waals surface area contributed by atoms with E-state index in [1.165, 1.54) is 5.56 Å². The maximum absolute atomic E-state index is 6.31. The lowest BCUT2D eigenvalue weighted by Gasteiger charge is -2.28. The van der Waals surface area contributed by atoms with Crippen LogP contribution in [0.3, 0.4) is 0 Å². The van der Waals surface area contributed by atoms with Gasteiger partial charge in [0, 0.05) is 30.7 Å². The molecule has 0 fully saturated rings. The highest BCUT2D eigenvalue weighted by atomic mass is 35.5. The van der Waals surface area contributed by atoms with E-state index in [1.807, 2.05) is 6.07 Å². The topological polar surface area (TPSA) is 29.3 Å². The van der Waals surface area contributed by atoms with Crippen LogP contribution in [0.4, 0.5) is 0 Å². The third kappa shape index (κ3) is 4.60. The zero-order valence-electron chi connectivity index (χ0n) is 11.9. The average molecular weight is 269 g/mol. The van der Waals surface area contributed by atoms with Crippen molar-refractivity contribution in [3.05, 3.63) is 34.3 Å². The quantitative estimate of drug-likeness (QED) is 0.853. The summed E-state index contributed by atoms with van der Waals surface area (Å²) in [5, 5.41) is 0.826. The summed E-state index contributed by atoms with van der Waals surface area (Å²) in [4.78, 5) is 2.45. The van der Waals surface area contributed by atoms with Crippen molar-refractivity contribution in [1.29, 1.82) is 0 Å². The van der Waals surface area contributed by atoms with Crippen molar-refractivity contribution in [2.45, 2.75) is 46.8 Å². The largest absolute Gasteiger partial charge is 0.326 e. The summed E-state index contributed by atoms with van der Waals surface area (Å²) < 4.78 is 0. The van der Waals surface area contributed by atoms with Crippen LogP contribution in [-0.4, -0.2) is 17.5 Å². The second kappa shape index (κ2) is 7.13. The lowest BCUT2D eigenvalue weighted by Crippen LogP contribution is -2.33. The number of nitrogens with zero attached hydrogens (tertiary/aromatic N) is 1. The Balaban J connectivity index is 2.80. The fourth-order valence-electron chi connectivity index (χ4n) is 1.99. The van der Waals surface area contributed by atoms with Crippen LogP contribution in [0.25, 0.3) is 0 Å². The van der Waals surface area contributed by atoms with E-state index >= 15 is 0 Å². The highest BCUT2D eigenvalue weighted by Gasteiger charge is 2.13. The average Bonchev–Trinajstić information content (AvgIpc) is 2.29. The van der Waals surface area contributed by atoms with E-state index in [4.69, 9.17) is 17.3 Å². The molecule has 1 rings (SSSR count). The van der Waals surface area contributed by atoms with Crippen LogP contribution in [0.2, 0.25) is 5.02 Å². The van der Waals surface area contributed by atoms with Gasteiger partial charge in [0.25, 0.3) is 0 Å². The fourth-order valence-corrected chi connectivity index (χ4v) is 2.25. The maximum Gasteiger partial charge on any atom is 0.0454 e. The van der Waals surface area contributed by atoms with Gasteiger partial charge in [-0.25, -0.2) is 0 Å². The molecule has 0 heterocycles. The number of rotatable bonds is 6. The number of benzene rings is 1. The van der Waals surface area contributed by atoms with Gasteiger partial charge in [0.2, 0.25) is 0 Å². The predicted octanol–water partition coefficient (Wildman–Crippen LogP) is 3.67. The summed E-state index contributed by atoms with van der Waals surface area (Å²) >= 11 is 6.31. The Bertz CT molecular complexity index is 375. The van der Waals surface area contributed by atoms with Crippen molar-refractivity contribution in [2.24, 2.45) is 11.7 Å². The van der Waals surface area contributed by atoms with E-state index in [0.29, 0.717) is 18.5 Å². The first kappa shape index (κ1) is 15.5. The number of halogens is 1. The van der Waals surface area contributed by atoms with Crippen molar-refractivity contribution >= 4 is 11.6 Å². The molecule has 0 saturated heterocycles. The molecule has 1 aromatic carbocycles. The lowest BCUT2D eigenvalue weighted by atomic mass is 10.1. The van der Waals surface area contributed by atoms with Crippen molar-refractivity contribution in [3.8, 4) is 0 Å². The standard InChI is InChI=1S/C15H25ClN2/c1-11(2)9-18(12(3)4)10-14-6-5-13(8-17)7-15(14)16/h5-7,11-12H,8-10,17H2,1-4H3. The Morgan fingerprint density at radius 2 is 1.89 bits per heavy atom. The van der Waals surface area contributed by atoms with Gasteiger partial charge in [-0.3, -0.25) is 4.90 Å². The summed E-state index contributed by atoms with van der Waals surface area (Å²) in [6.45, 7) is 11.5. The van der Waals surface area contributed by atoms with E-state index in [1.54, 1.807) is 0 Å². The zero-order valence-corrected chi connectivity index (χ0v) is 12.7. The number of nitrogens with two attached hydrogens (primary N) is 1. The van der Waals surface area contributed by atoms with Gasteiger partial charge in [0.1, 0.15) is 0 Å². The molecule has 0 amide bonds. The highest BCUT2D eigenvalue weighted by Crippen LogP contribution is 2.21. The Hall–Kier alpha value is -0.570. The molecule has 0 aromatic heterocycles. The molecule has 18 heavy (non-hydrogen) atoms. The molecule has 0 saturated carbocycles. The minimum absolute atomic E-state index is 0.526.